The third-order valence-electron chi connectivity index (χ3n) is 2.83. The Morgan fingerprint density at radius 2 is 1.30 bits per heavy atom. The largest absolute Gasteiger partial charge is 0.411 e. The van der Waals surface area contributed by atoms with Crippen LogP contribution in [0.25, 0.3) is 0 Å². The fraction of sp³-hybridized carbons (Fsp3) is 0.250. The molecule has 0 atom stereocenters. The van der Waals surface area contributed by atoms with Crippen molar-refractivity contribution in [1.29, 1.82) is 0 Å². The standard InChI is InChI=1S/C12H5F6NO4/c13-11(14,15)7(12(16,17)18)10(22)23-19-8(20)5-3-1-2-4-6(5)9(19)21/h1-4,7H. The van der Waals surface area contributed by atoms with E-state index in [0.717, 1.165) is 12.1 Å². The molecule has 5 nitrogen and oxygen atoms in total. The summed E-state index contributed by atoms with van der Waals surface area (Å²) < 4.78 is 74.3. The molecule has 0 aliphatic carbocycles. The van der Waals surface area contributed by atoms with Gasteiger partial charge in [0.1, 0.15) is 0 Å². The maximum absolute atomic E-state index is 12.4. The van der Waals surface area contributed by atoms with E-state index in [-0.39, 0.29) is 11.1 Å². The second kappa shape index (κ2) is 5.25. The molecule has 0 aromatic heterocycles. The van der Waals surface area contributed by atoms with E-state index in [1.54, 1.807) is 0 Å². The van der Waals surface area contributed by atoms with Gasteiger partial charge in [-0.3, -0.25) is 9.59 Å². The molecule has 11 heteroatoms. The summed E-state index contributed by atoms with van der Waals surface area (Å²) in [5.41, 5.74) is -0.610. The summed E-state index contributed by atoms with van der Waals surface area (Å²) in [6, 6.07) is 4.83. The molecule has 1 heterocycles. The van der Waals surface area contributed by atoms with Crippen molar-refractivity contribution in [2.45, 2.75) is 12.4 Å². The van der Waals surface area contributed by atoms with Crippen molar-refractivity contribution in [3.63, 3.8) is 0 Å². The van der Waals surface area contributed by atoms with Crippen molar-refractivity contribution in [2.24, 2.45) is 5.92 Å². The Hall–Kier alpha value is -2.59. The molecule has 0 saturated carbocycles. The molecule has 0 radical (unpaired) electrons. The summed E-state index contributed by atoms with van der Waals surface area (Å²) in [5.74, 6) is -9.96. The summed E-state index contributed by atoms with van der Waals surface area (Å²) in [5, 5.41) is -0.419. The van der Waals surface area contributed by atoms with E-state index in [9.17, 15) is 40.7 Å². The maximum Gasteiger partial charge on any atom is 0.411 e. The number of amides is 2. The fourth-order valence-corrected chi connectivity index (χ4v) is 1.85. The molecule has 23 heavy (non-hydrogen) atoms. The normalized spacial score (nSPS) is 15.2. The zero-order valence-corrected chi connectivity index (χ0v) is 10.7. The van der Waals surface area contributed by atoms with E-state index in [2.05, 4.69) is 4.84 Å². The highest BCUT2D eigenvalue weighted by atomic mass is 19.4. The molecule has 1 aliphatic heterocycles. The van der Waals surface area contributed by atoms with E-state index >= 15 is 0 Å². The van der Waals surface area contributed by atoms with E-state index in [1.807, 2.05) is 0 Å². The Bertz CT molecular complexity index is 632. The molecule has 0 saturated heterocycles. The van der Waals surface area contributed by atoms with Crippen LogP contribution >= 0.6 is 0 Å². The van der Waals surface area contributed by atoms with Crippen molar-refractivity contribution in [1.82, 2.24) is 5.06 Å². The van der Waals surface area contributed by atoms with Gasteiger partial charge in [-0.05, 0) is 12.1 Å². The summed E-state index contributed by atoms with van der Waals surface area (Å²) in [4.78, 5) is 38.5. The Kier molecular flexibility index (Phi) is 3.83. The average Bonchev–Trinajstić information content (AvgIpc) is 2.61. The molecule has 0 bridgehead atoms. The summed E-state index contributed by atoms with van der Waals surface area (Å²) in [6.45, 7) is 0. The SMILES string of the molecule is O=C(ON1C(=O)c2ccccc2C1=O)C(C(F)(F)F)C(F)(F)F. The lowest BCUT2D eigenvalue weighted by atomic mass is 10.1. The Balaban J connectivity index is 2.28. The molecule has 124 valence electrons. The van der Waals surface area contributed by atoms with Crippen molar-refractivity contribution in [3.05, 3.63) is 35.4 Å². The van der Waals surface area contributed by atoms with Crippen LogP contribution in [0.3, 0.4) is 0 Å². The first-order chi connectivity index (χ1) is 10.4. The van der Waals surface area contributed by atoms with E-state index in [0.29, 0.717) is 0 Å². The molecule has 0 unspecified atom stereocenters. The molecular formula is C12H5F6NO4. The van der Waals surface area contributed by atoms with Crippen molar-refractivity contribution >= 4 is 17.8 Å². The van der Waals surface area contributed by atoms with E-state index in [1.165, 1.54) is 12.1 Å². The molecule has 0 spiro atoms. The minimum Gasteiger partial charge on any atom is -0.329 e. The molecule has 2 rings (SSSR count). The first kappa shape index (κ1) is 16.8. The van der Waals surface area contributed by atoms with Crippen LogP contribution in [-0.2, 0) is 9.63 Å². The predicted octanol–water partition coefficient (Wildman–Crippen LogP) is 2.48. The van der Waals surface area contributed by atoms with Gasteiger partial charge in [-0.1, -0.05) is 17.2 Å². The van der Waals surface area contributed by atoms with E-state index < -0.39 is 41.1 Å². The van der Waals surface area contributed by atoms with Crippen LogP contribution in [0.1, 0.15) is 20.7 Å². The number of carbonyl (C=O) groups excluding carboxylic acids is 3. The monoisotopic (exact) mass is 341 g/mol. The Morgan fingerprint density at radius 3 is 1.65 bits per heavy atom. The smallest absolute Gasteiger partial charge is 0.329 e. The van der Waals surface area contributed by atoms with Crippen LogP contribution in [0, 0.1) is 5.92 Å². The molecule has 1 aromatic carbocycles. The third-order valence-corrected chi connectivity index (χ3v) is 2.83. The fourth-order valence-electron chi connectivity index (χ4n) is 1.85. The number of fused-ring (bicyclic) bond motifs is 1. The van der Waals surface area contributed by atoms with Gasteiger partial charge in [0.2, 0.25) is 5.92 Å². The van der Waals surface area contributed by atoms with Gasteiger partial charge in [0.05, 0.1) is 11.1 Å². The third kappa shape index (κ3) is 2.98. The average molecular weight is 341 g/mol. The Morgan fingerprint density at radius 1 is 0.913 bits per heavy atom. The number of hydroxylamine groups is 2. The van der Waals surface area contributed by atoms with Crippen molar-refractivity contribution < 1.29 is 45.6 Å². The van der Waals surface area contributed by atoms with Crippen molar-refractivity contribution in [3.8, 4) is 0 Å². The summed E-state index contributed by atoms with van der Waals surface area (Å²) in [6.07, 6.45) is -12.0. The van der Waals surface area contributed by atoms with Gasteiger partial charge in [-0.2, -0.15) is 26.3 Å². The van der Waals surface area contributed by atoms with Crippen molar-refractivity contribution in [2.75, 3.05) is 0 Å². The number of rotatable bonds is 2. The van der Waals surface area contributed by atoms with Crippen LogP contribution in [0.5, 0.6) is 0 Å². The van der Waals surface area contributed by atoms with Gasteiger partial charge in [0.15, 0.2) is 0 Å². The number of alkyl halides is 6. The van der Waals surface area contributed by atoms with Gasteiger partial charge in [0.25, 0.3) is 11.8 Å². The Labute approximate surface area is 123 Å². The highest BCUT2D eigenvalue weighted by Gasteiger charge is 2.63. The minimum absolute atomic E-state index is 0.305. The minimum atomic E-state index is -5.99. The lowest BCUT2D eigenvalue weighted by molar-refractivity contribution is -0.287. The highest BCUT2D eigenvalue weighted by Crippen LogP contribution is 2.40. The number of hydrogen-bond donors (Lipinski definition) is 0. The topological polar surface area (TPSA) is 63.7 Å². The van der Waals surface area contributed by atoms with Crippen LogP contribution in [0.4, 0.5) is 26.3 Å². The quantitative estimate of drug-likeness (QED) is 0.612. The van der Waals surface area contributed by atoms with Crippen LogP contribution in [0.2, 0.25) is 0 Å². The molecule has 0 N–H and O–H groups in total. The lowest BCUT2D eigenvalue weighted by Crippen LogP contribution is -2.46. The van der Waals surface area contributed by atoms with Crippen LogP contribution in [-0.4, -0.2) is 35.2 Å². The van der Waals surface area contributed by atoms with Gasteiger partial charge in [0, 0.05) is 0 Å². The first-order valence-corrected chi connectivity index (χ1v) is 5.77. The van der Waals surface area contributed by atoms with Crippen LogP contribution < -0.4 is 0 Å². The number of benzene rings is 1. The summed E-state index contributed by atoms with van der Waals surface area (Å²) in [7, 11) is 0. The number of imide groups is 1. The second-order valence-corrected chi connectivity index (χ2v) is 4.38. The predicted molar refractivity (Wildman–Crippen MR) is 58.6 cm³/mol. The first-order valence-electron chi connectivity index (χ1n) is 5.77. The molecule has 1 aliphatic rings. The second-order valence-electron chi connectivity index (χ2n) is 4.38. The molecule has 2 amide bonds. The maximum atomic E-state index is 12.4. The lowest BCUT2D eigenvalue weighted by Gasteiger charge is -2.22. The number of carbonyl (C=O) groups is 3. The van der Waals surface area contributed by atoms with Gasteiger partial charge in [-0.25, -0.2) is 4.79 Å². The molecule has 0 fully saturated rings. The van der Waals surface area contributed by atoms with E-state index in [4.69, 9.17) is 0 Å². The van der Waals surface area contributed by atoms with Gasteiger partial charge < -0.3 is 4.84 Å². The zero-order valence-electron chi connectivity index (χ0n) is 10.7. The van der Waals surface area contributed by atoms with Crippen LogP contribution in [0.15, 0.2) is 24.3 Å². The number of nitrogens with zero attached hydrogens (tertiary/aromatic N) is 1. The number of hydrogen-bond acceptors (Lipinski definition) is 4. The molecular weight excluding hydrogens is 336 g/mol. The van der Waals surface area contributed by atoms with Gasteiger partial charge in [-0.15, -0.1) is 0 Å². The molecule has 1 aromatic rings. The summed E-state index contributed by atoms with van der Waals surface area (Å²) >= 11 is 0. The highest BCUT2D eigenvalue weighted by molar-refractivity contribution is 6.20. The number of halogens is 6. The zero-order chi connectivity index (χ0) is 17.6. The van der Waals surface area contributed by atoms with Gasteiger partial charge >= 0.3 is 18.3 Å².